The minimum absolute atomic E-state index is 0.507. The molecule has 1 aliphatic rings. The van der Waals surface area contributed by atoms with Gasteiger partial charge in [0.15, 0.2) is 11.3 Å². The number of hydrogen-bond acceptors (Lipinski definition) is 2. The van der Waals surface area contributed by atoms with Crippen LogP contribution in [0, 0.1) is 0 Å². The highest BCUT2D eigenvalue weighted by atomic mass is 32.1. The molecule has 0 amide bonds. The quantitative estimate of drug-likeness (QED) is 0.769. The molecule has 4 heteroatoms. The van der Waals surface area contributed by atoms with Gasteiger partial charge in [0.2, 0.25) is 0 Å². The number of hydrogen-bond donors (Lipinski definition) is 2. The third-order valence-electron chi connectivity index (χ3n) is 2.98. The van der Waals surface area contributed by atoms with Crippen molar-refractivity contribution in [3.8, 4) is 0 Å². The van der Waals surface area contributed by atoms with Crippen LogP contribution in [0.3, 0.4) is 0 Å². The standard InChI is InChI=1S/C14H12N2OS/c17-13-11-8-4-5-9-12(11)15-14(18)16(13)10-6-2-1-3-7-10/h1-9,13,17H,(H,15,18). The van der Waals surface area contributed by atoms with E-state index in [0.29, 0.717) is 5.11 Å². The summed E-state index contributed by atoms with van der Waals surface area (Å²) in [5.74, 6) is 0. The third kappa shape index (κ3) is 1.75. The van der Waals surface area contributed by atoms with Crippen LogP contribution in [-0.2, 0) is 0 Å². The normalized spacial score (nSPS) is 18.2. The summed E-state index contributed by atoms with van der Waals surface area (Å²) in [5.41, 5.74) is 2.56. The molecule has 0 saturated carbocycles. The lowest BCUT2D eigenvalue weighted by molar-refractivity contribution is 0.187. The molecular formula is C14H12N2OS. The fourth-order valence-corrected chi connectivity index (χ4v) is 2.42. The number of thiocarbonyl (C=S) groups is 1. The molecule has 0 radical (unpaired) electrons. The topological polar surface area (TPSA) is 35.5 Å². The molecule has 2 N–H and O–H groups in total. The maximum absolute atomic E-state index is 10.4. The summed E-state index contributed by atoms with van der Waals surface area (Å²) in [6.07, 6.45) is -0.752. The van der Waals surface area contributed by atoms with Gasteiger partial charge in [0, 0.05) is 16.9 Å². The zero-order chi connectivity index (χ0) is 12.5. The second-order valence-electron chi connectivity index (χ2n) is 4.10. The minimum atomic E-state index is -0.752. The van der Waals surface area contributed by atoms with Gasteiger partial charge in [0.1, 0.15) is 0 Å². The molecule has 1 heterocycles. The van der Waals surface area contributed by atoms with Gasteiger partial charge in [0.25, 0.3) is 0 Å². The molecule has 0 spiro atoms. The highest BCUT2D eigenvalue weighted by Gasteiger charge is 2.29. The number of rotatable bonds is 1. The first-order valence-corrected chi connectivity index (χ1v) is 6.10. The van der Waals surface area contributed by atoms with Crippen molar-refractivity contribution in [3.63, 3.8) is 0 Å². The molecule has 0 saturated heterocycles. The van der Waals surface area contributed by atoms with Crippen LogP contribution in [0.2, 0.25) is 0 Å². The van der Waals surface area contributed by atoms with Gasteiger partial charge in [-0.2, -0.15) is 0 Å². The lowest BCUT2D eigenvalue weighted by Crippen LogP contribution is -2.42. The van der Waals surface area contributed by atoms with Crippen LogP contribution in [0.1, 0.15) is 11.8 Å². The highest BCUT2D eigenvalue weighted by molar-refractivity contribution is 7.80. The van der Waals surface area contributed by atoms with Gasteiger partial charge in [-0.25, -0.2) is 0 Å². The Morgan fingerprint density at radius 1 is 1.00 bits per heavy atom. The fourth-order valence-electron chi connectivity index (χ4n) is 2.11. The summed E-state index contributed by atoms with van der Waals surface area (Å²) in [6.45, 7) is 0. The molecule has 2 aromatic carbocycles. The molecule has 1 aliphatic heterocycles. The smallest absolute Gasteiger partial charge is 0.180 e. The first-order chi connectivity index (χ1) is 8.77. The monoisotopic (exact) mass is 256 g/mol. The van der Waals surface area contributed by atoms with E-state index in [2.05, 4.69) is 5.32 Å². The lowest BCUT2D eigenvalue weighted by Gasteiger charge is -2.36. The number of para-hydroxylation sites is 2. The average Bonchev–Trinajstić information content (AvgIpc) is 2.40. The molecule has 0 bridgehead atoms. The van der Waals surface area contributed by atoms with Crippen molar-refractivity contribution in [3.05, 3.63) is 60.2 Å². The number of nitrogens with zero attached hydrogens (tertiary/aromatic N) is 1. The predicted molar refractivity (Wildman–Crippen MR) is 76.5 cm³/mol. The van der Waals surface area contributed by atoms with Crippen molar-refractivity contribution in [2.24, 2.45) is 0 Å². The van der Waals surface area contributed by atoms with Gasteiger partial charge in [-0.15, -0.1) is 0 Å². The van der Waals surface area contributed by atoms with Crippen molar-refractivity contribution in [1.82, 2.24) is 0 Å². The Kier molecular flexibility index (Phi) is 2.74. The second kappa shape index (κ2) is 4.40. The van der Waals surface area contributed by atoms with Gasteiger partial charge >= 0.3 is 0 Å². The maximum Gasteiger partial charge on any atom is 0.180 e. The summed E-state index contributed by atoms with van der Waals surface area (Å²) in [5, 5.41) is 14.1. The number of fused-ring (bicyclic) bond motifs is 1. The van der Waals surface area contributed by atoms with Gasteiger partial charge < -0.3 is 10.4 Å². The van der Waals surface area contributed by atoms with E-state index in [4.69, 9.17) is 12.2 Å². The summed E-state index contributed by atoms with van der Waals surface area (Å²) in [6, 6.07) is 17.2. The average molecular weight is 256 g/mol. The summed E-state index contributed by atoms with van der Waals surface area (Å²) in [4.78, 5) is 1.71. The zero-order valence-electron chi connectivity index (χ0n) is 9.58. The number of aliphatic hydroxyl groups is 1. The Labute approximate surface area is 111 Å². The molecule has 1 unspecified atom stereocenters. The fraction of sp³-hybridized carbons (Fsp3) is 0.0714. The minimum Gasteiger partial charge on any atom is -0.369 e. The van der Waals surface area contributed by atoms with Gasteiger partial charge in [-0.1, -0.05) is 36.4 Å². The summed E-state index contributed by atoms with van der Waals surface area (Å²) in [7, 11) is 0. The van der Waals surface area contributed by atoms with Crippen LogP contribution >= 0.6 is 12.2 Å². The molecular weight excluding hydrogens is 244 g/mol. The van der Waals surface area contributed by atoms with Crippen LogP contribution in [-0.4, -0.2) is 10.2 Å². The molecule has 3 rings (SSSR count). The van der Waals surface area contributed by atoms with Crippen LogP contribution < -0.4 is 10.2 Å². The number of anilines is 2. The molecule has 2 aromatic rings. The largest absolute Gasteiger partial charge is 0.369 e. The van der Waals surface area contributed by atoms with E-state index >= 15 is 0 Å². The van der Waals surface area contributed by atoms with Gasteiger partial charge in [-0.05, 0) is 30.4 Å². The Morgan fingerprint density at radius 2 is 1.67 bits per heavy atom. The molecule has 0 aromatic heterocycles. The Bertz CT molecular complexity index is 585. The molecule has 1 atom stereocenters. The van der Waals surface area contributed by atoms with Gasteiger partial charge in [-0.3, -0.25) is 4.90 Å². The van der Waals surface area contributed by atoms with Crippen LogP contribution in [0.15, 0.2) is 54.6 Å². The summed E-state index contributed by atoms with van der Waals surface area (Å²) >= 11 is 5.32. The van der Waals surface area contributed by atoms with Crippen molar-refractivity contribution in [2.45, 2.75) is 6.23 Å². The van der Waals surface area contributed by atoms with Crippen LogP contribution in [0.4, 0.5) is 11.4 Å². The van der Waals surface area contributed by atoms with E-state index in [1.54, 1.807) is 4.90 Å². The number of nitrogens with one attached hydrogen (secondary N) is 1. The molecule has 18 heavy (non-hydrogen) atoms. The molecule has 3 nitrogen and oxygen atoms in total. The number of aliphatic hydroxyl groups excluding tert-OH is 1. The predicted octanol–water partition coefficient (Wildman–Crippen LogP) is 2.89. The zero-order valence-corrected chi connectivity index (χ0v) is 10.4. The van der Waals surface area contributed by atoms with Crippen molar-refractivity contribution in [2.75, 3.05) is 10.2 Å². The van der Waals surface area contributed by atoms with E-state index in [0.717, 1.165) is 16.9 Å². The van der Waals surface area contributed by atoms with E-state index in [1.165, 1.54) is 0 Å². The molecule has 0 fully saturated rings. The SMILES string of the molecule is OC1c2ccccc2NC(=S)N1c1ccccc1. The second-order valence-corrected chi connectivity index (χ2v) is 4.48. The van der Waals surface area contributed by atoms with Gasteiger partial charge in [0.05, 0.1) is 0 Å². The third-order valence-corrected chi connectivity index (χ3v) is 3.28. The van der Waals surface area contributed by atoms with Crippen molar-refractivity contribution in [1.29, 1.82) is 0 Å². The van der Waals surface area contributed by atoms with E-state index < -0.39 is 6.23 Å². The maximum atomic E-state index is 10.4. The molecule has 0 aliphatic carbocycles. The molecule has 90 valence electrons. The Balaban J connectivity index is 2.06. The first kappa shape index (κ1) is 11.2. The van der Waals surface area contributed by atoms with E-state index in [1.807, 2.05) is 54.6 Å². The van der Waals surface area contributed by atoms with Crippen molar-refractivity contribution >= 4 is 28.7 Å². The van der Waals surface area contributed by atoms with Crippen LogP contribution in [0.5, 0.6) is 0 Å². The Morgan fingerprint density at radius 3 is 2.44 bits per heavy atom. The first-order valence-electron chi connectivity index (χ1n) is 5.69. The van der Waals surface area contributed by atoms with E-state index in [9.17, 15) is 5.11 Å². The highest BCUT2D eigenvalue weighted by Crippen LogP contribution is 2.34. The Hall–Kier alpha value is -1.91. The lowest BCUT2D eigenvalue weighted by atomic mass is 10.1. The summed E-state index contributed by atoms with van der Waals surface area (Å²) < 4.78 is 0. The van der Waals surface area contributed by atoms with Crippen LogP contribution in [0.25, 0.3) is 0 Å². The number of benzene rings is 2. The van der Waals surface area contributed by atoms with E-state index in [-0.39, 0.29) is 0 Å². The van der Waals surface area contributed by atoms with Crippen molar-refractivity contribution < 1.29 is 5.11 Å².